The molecule has 0 spiro atoms. The second-order valence-corrected chi connectivity index (χ2v) is 11.9. The molecule has 0 saturated heterocycles. The van der Waals surface area contributed by atoms with Gasteiger partial charge in [-0.25, -0.2) is 8.42 Å². The highest BCUT2D eigenvalue weighted by molar-refractivity contribution is 7.90. The summed E-state index contributed by atoms with van der Waals surface area (Å²) in [7, 11) is -4.31. The Morgan fingerprint density at radius 3 is 2.25 bits per heavy atom. The van der Waals surface area contributed by atoms with Crippen molar-refractivity contribution in [2.45, 2.75) is 63.8 Å². The van der Waals surface area contributed by atoms with Gasteiger partial charge in [0.25, 0.3) is 0 Å². The Morgan fingerprint density at radius 2 is 1.69 bits per heavy atom. The first-order chi connectivity index (χ1) is 17.2. The smallest absolute Gasteiger partial charge is 0.347 e. The average Bonchev–Trinajstić information content (AvgIpc) is 3.57. The van der Waals surface area contributed by atoms with Crippen molar-refractivity contribution in [2.75, 3.05) is 0 Å². The van der Waals surface area contributed by atoms with Gasteiger partial charge in [-0.1, -0.05) is 51.1 Å². The number of halogens is 6. The van der Waals surface area contributed by atoms with E-state index in [9.17, 15) is 34.8 Å². The molecule has 0 bridgehead atoms. The van der Waals surface area contributed by atoms with Crippen LogP contribution in [0.4, 0.5) is 26.3 Å². The summed E-state index contributed by atoms with van der Waals surface area (Å²) < 4.78 is 129. The fourth-order valence-electron chi connectivity index (χ4n) is 4.03. The number of aromatic nitrogens is 1. The zero-order chi connectivity index (χ0) is 28.5. The van der Waals surface area contributed by atoms with Crippen molar-refractivity contribution in [3.8, 4) is 11.1 Å². The molecule has 36 heavy (non-hydrogen) atoms. The number of nitrogens with zero attached hydrogens (tertiary/aromatic N) is 1. The number of rotatable bonds is 6. The molecule has 1 aliphatic carbocycles. The van der Waals surface area contributed by atoms with Gasteiger partial charge in [-0.15, -0.1) is 0 Å². The molecule has 1 atom stereocenters. The summed E-state index contributed by atoms with van der Waals surface area (Å²) in [5.41, 5.74) is -2.97. The maximum Gasteiger partial charge on any atom is 0.417 e. The summed E-state index contributed by atoms with van der Waals surface area (Å²) >= 11 is 0. The number of fused-ring (bicyclic) bond motifs is 1. The third-order valence-electron chi connectivity index (χ3n) is 5.72. The molecular weight excluding hydrogens is 506 g/mol. The van der Waals surface area contributed by atoms with E-state index in [2.05, 4.69) is 0 Å². The van der Waals surface area contributed by atoms with Gasteiger partial charge in [-0.3, -0.25) is 0 Å². The van der Waals surface area contributed by atoms with Crippen molar-refractivity contribution in [1.29, 1.82) is 0 Å². The highest BCUT2D eigenvalue weighted by Crippen LogP contribution is 2.42. The molecule has 0 radical (unpaired) electrons. The van der Waals surface area contributed by atoms with Gasteiger partial charge in [0, 0.05) is 29.2 Å². The summed E-state index contributed by atoms with van der Waals surface area (Å²) in [5.74, 6) is 0. The van der Waals surface area contributed by atoms with Crippen LogP contribution in [-0.2, 0) is 22.7 Å². The number of benzene rings is 2. The van der Waals surface area contributed by atoms with Crippen LogP contribution < -0.4 is 4.72 Å². The third-order valence-corrected chi connectivity index (χ3v) is 7.63. The maximum atomic E-state index is 14.3. The number of alkyl halides is 6. The number of nitrogens with one attached hydrogen (secondary N) is 1. The topological polar surface area (TPSA) is 51.1 Å². The molecule has 3 aromatic rings. The minimum absolute atomic E-state index is 0.0168. The van der Waals surface area contributed by atoms with Gasteiger partial charge in [-0.2, -0.15) is 31.1 Å². The minimum Gasteiger partial charge on any atom is -0.347 e. The van der Waals surface area contributed by atoms with E-state index in [0.29, 0.717) is 0 Å². The fourth-order valence-corrected chi connectivity index (χ4v) is 5.57. The summed E-state index contributed by atoms with van der Waals surface area (Å²) in [6, 6.07) is 5.62. The van der Waals surface area contributed by atoms with Crippen LogP contribution in [-0.4, -0.2) is 24.4 Å². The van der Waals surface area contributed by atoms with E-state index < -0.39 is 56.7 Å². The van der Waals surface area contributed by atoms with Gasteiger partial charge in [0.05, 0.1) is 13.6 Å². The molecule has 0 aliphatic heterocycles. The Labute approximate surface area is 208 Å². The Kier molecular flexibility index (Phi) is 5.82. The van der Waals surface area contributed by atoms with Crippen LogP contribution in [0, 0.1) is 5.41 Å². The predicted octanol–water partition coefficient (Wildman–Crippen LogP) is 7.06. The summed E-state index contributed by atoms with van der Waals surface area (Å²) in [6.45, 7) is 2.27. The van der Waals surface area contributed by atoms with Gasteiger partial charge in [0.2, 0.25) is 10.0 Å². The molecule has 11 heteroatoms. The lowest BCUT2D eigenvalue weighted by atomic mass is 9.96. The van der Waals surface area contributed by atoms with Crippen LogP contribution in [0.3, 0.4) is 0 Å². The first-order valence-electron chi connectivity index (χ1n) is 12.1. The van der Waals surface area contributed by atoms with Gasteiger partial charge >= 0.3 is 12.4 Å². The summed E-state index contributed by atoms with van der Waals surface area (Å²) in [4.78, 5) is 0. The van der Waals surface area contributed by atoms with E-state index in [4.69, 9.17) is 2.74 Å². The second kappa shape index (κ2) is 8.79. The molecule has 196 valence electrons. The van der Waals surface area contributed by atoms with Crippen molar-refractivity contribution in [3.63, 3.8) is 0 Å². The highest BCUT2D eigenvalue weighted by atomic mass is 32.2. The Morgan fingerprint density at radius 1 is 1.06 bits per heavy atom. The fraction of sp³-hybridized carbons (Fsp3) is 0.440. The molecule has 4 rings (SSSR count). The van der Waals surface area contributed by atoms with E-state index in [1.54, 1.807) is 4.72 Å². The minimum atomic E-state index is -5.07. The zero-order valence-corrected chi connectivity index (χ0v) is 20.4. The predicted molar refractivity (Wildman–Crippen MR) is 126 cm³/mol. The van der Waals surface area contributed by atoms with Crippen LogP contribution in [0.25, 0.3) is 22.0 Å². The molecule has 1 saturated carbocycles. The first kappa shape index (κ1) is 23.8. The normalized spacial score (nSPS) is 17.7. The van der Waals surface area contributed by atoms with Crippen molar-refractivity contribution in [3.05, 3.63) is 59.8 Å². The number of hydrogen-bond donors (Lipinski definition) is 1. The lowest BCUT2D eigenvalue weighted by molar-refractivity contribution is -0.152. The number of sulfonamides is 1. The van der Waals surface area contributed by atoms with Crippen LogP contribution in [0.1, 0.15) is 53.5 Å². The number of hydrogen-bond acceptors (Lipinski definition) is 2. The van der Waals surface area contributed by atoms with Crippen LogP contribution in [0.5, 0.6) is 0 Å². The molecule has 1 aliphatic rings. The zero-order valence-electron chi connectivity index (χ0n) is 21.6. The molecule has 1 aromatic heterocycles. The monoisotopic (exact) mass is 534 g/mol. The van der Waals surface area contributed by atoms with Crippen molar-refractivity contribution in [2.24, 2.45) is 5.41 Å². The quantitative estimate of drug-likeness (QED) is 0.344. The summed E-state index contributed by atoms with van der Waals surface area (Å²) in [6.07, 6.45) is -8.41. The summed E-state index contributed by atoms with van der Waals surface area (Å²) in [5, 5.41) is -1.07. The standard InChI is InChI=1S/C25H26F6N2O2S/c1-23(2,3)14-33-13-19(22(25(29,30)31)32-36(34,35)16-9-10-16)18-11-8-15(12-21(18)33)17-6-4-5-7-20(17)24(26,27)28/h4-8,11-13,16,22,32H,9-10,14H2,1-3H3/i14D2. The van der Waals surface area contributed by atoms with E-state index in [1.807, 2.05) is 0 Å². The van der Waals surface area contributed by atoms with E-state index in [-0.39, 0.29) is 34.9 Å². The Bertz CT molecular complexity index is 1470. The third kappa shape index (κ3) is 5.56. The molecular formula is C25H26F6N2O2S. The molecule has 4 nitrogen and oxygen atoms in total. The molecule has 2 aromatic carbocycles. The van der Waals surface area contributed by atoms with Crippen LogP contribution in [0.2, 0.25) is 0 Å². The molecule has 0 amide bonds. The van der Waals surface area contributed by atoms with E-state index in [1.165, 1.54) is 57.2 Å². The van der Waals surface area contributed by atoms with Gasteiger partial charge < -0.3 is 4.57 Å². The average molecular weight is 535 g/mol. The van der Waals surface area contributed by atoms with Crippen LogP contribution >= 0.6 is 0 Å². The SMILES string of the molecule is [2H]C([2H])(n1cc(C(NS(=O)(=O)C2CC2)C(F)(F)F)c2ccc(-c3ccccc3C(F)(F)F)cc21)C(C)(C)C. The van der Waals surface area contributed by atoms with Crippen LogP contribution in [0.15, 0.2) is 48.7 Å². The molecule has 1 unspecified atom stereocenters. The lowest BCUT2D eigenvalue weighted by Gasteiger charge is -2.22. The Balaban J connectivity index is 2.00. The van der Waals surface area contributed by atoms with Gasteiger partial charge in [-0.05, 0) is 41.5 Å². The van der Waals surface area contributed by atoms with E-state index in [0.717, 1.165) is 16.8 Å². The van der Waals surface area contributed by atoms with Crippen molar-refractivity contribution >= 4 is 20.9 Å². The highest BCUT2D eigenvalue weighted by Gasteiger charge is 2.47. The van der Waals surface area contributed by atoms with Gasteiger partial charge in [0.15, 0.2) is 0 Å². The lowest BCUT2D eigenvalue weighted by Crippen LogP contribution is -2.39. The molecule has 1 N–H and O–H groups in total. The van der Waals surface area contributed by atoms with Crippen molar-refractivity contribution in [1.82, 2.24) is 9.29 Å². The van der Waals surface area contributed by atoms with E-state index >= 15 is 0 Å². The first-order valence-corrected chi connectivity index (χ1v) is 12.7. The maximum absolute atomic E-state index is 14.3. The van der Waals surface area contributed by atoms with Gasteiger partial charge in [0.1, 0.15) is 6.04 Å². The molecule has 1 heterocycles. The van der Waals surface area contributed by atoms with Crippen molar-refractivity contribution < 1.29 is 37.5 Å². The Hall–Kier alpha value is -2.53. The molecule has 1 fully saturated rings. The second-order valence-electron chi connectivity index (χ2n) is 9.93. The largest absolute Gasteiger partial charge is 0.417 e.